The Morgan fingerprint density at radius 3 is 2.35 bits per heavy atom. The third kappa shape index (κ3) is 2.49. The second-order valence-corrected chi connectivity index (χ2v) is 3.22. The van der Waals surface area contributed by atoms with Gasteiger partial charge in [-0.3, -0.25) is 10.1 Å². The van der Waals surface area contributed by atoms with E-state index in [0.29, 0.717) is 10.4 Å². The number of benzene rings is 1. The molecule has 6 nitrogen and oxygen atoms in total. The Morgan fingerprint density at radius 2 is 1.76 bits per heavy atom. The number of rotatable bonds is 3. The van der Waals surface area contributed by atoms with Crippen LogP contribution >= 0.6 is 0 Å². The molecule has 0 spiro atoms. The monoisotopic (exact) mass is 232 g/mol. The maximum atomic E-state index is 11.6. The first-order chi connectivity index (χ1) is 8.16. The van der Waals surface area contributed by atoms with Gasteiger partial charge in [0.25, 0.3) is 0 Å². The highest BCUT2D eigenvalue weighted by molar-refractivity contribution is 5.73. The van der Waals surface area contributed by atoms with Gasteiger partial charge in [-0.25, -0.2) is 0 Å². The van der Waals surface area contributed by atoms with Gasteiger partial charge < -0.3 is 9.62 Å². The molecule has 0 saturated carbocycles. The van der Waals surface area contributed by atoms with E-state index in [1.807, 2.05) is 0 Å². The second kappa shape index (κ2) is 4.48. The predicted molar refractivity (Wildman–Crippen MR) is 60.3 cm³/mol. The van der Waals surface area contributed by atoms with Crippen LogP contribution < -0.4 is 0 Å². The van der Waals surface area contributed by atoms with E-state index < -0.39 is 10.8 Å². The summed E-state index contributed by atoms with van der Waals surface area (Å²) < 4.78 is 5.43. The summed E-state index contributed by atoms with van der Waals surface area (Å²) in [4.78, 5) is 9.72. The van der Waals surface area contributed by atoms with Crippen LogP contribution in [0.25, 0.3) is 0 Å². The van der Waals surface area contributed by atoms with Crippen molar-refractivity contribution in [3.05, 3.63) is 63.5 Å². The molecule has 0 N–H and O–H groups in total. The van der Waals surface area contributed by atoms with Crippen molar-refractivity contribution >= 4 is 17.8 Å². The zero-order chi connectivity index (χ0) is 12.3. The first-order valence-corrected chi connectivity index (χ1v) is 4.77. The summed E-state index contributed by atoms with van der Waals surface area (Å²) >= 11 is 0. The van der Waals surface area contributed by atoms with Gasteiger partial charge in [0.15, 0.2) is 5.76 Å². The normalized spacial score (nSPS) is 11.4. The quantitative estimate of drug-likeness (QED) is 0.267. The van der Waals surface area contributed by atoms with E-state index in [1.165, 1.54) is 12.1 Å². The summed E-state index contributed by atoms with van der Waals surface area (Å²) in [5, 5.41) is 22.0. The summed E-state index contributed by atoms with van der Waals surface area (Å²) in [5.74, 6) is -0.256. The van der Waals surface area contributed by atoms with Crippen LogP contribution in [-0.2, 0) is 0 Å². The zero-order valence-electron chi connectivity index (χ0n) is 8.65. The molecule has 2 rings (SSSR count). The fourth-order valence-corrected chi connectivity index (χ4v) is 1.27. The molecule has 1 aromatic carbocycles. The van der Waals surface area contributed by atoms with Crippen LogP contribution in [0.2, 0.25) is 0 Å². The SMILES string of the molecule is O=[N+]([O-])c1ccc(/C=[N+](\[O-])c2ccccc2)o1. The Bertz CT molecular complexity index is 560. The lowest BCUT2D eigenvalue weighted by atomic mass is 10.3. The topological polar surface area (TPSA) is 82.3 Å². The van der Waals surface area contributed by atoms with Gasteiger partial charge in [0.05, 0.1) is 6.07 Å². The Morgan fingerprint density at radius 1 is 1.06 bits per heavy atom. The van der Waals surface area contributed by atoms with Crippen LogP contribution in [0.15, 0.2) is 46.9 Å². The fraction of sp³-hybridized carbons (Fsp3) is 0. The summed E-state index contributed by atoms with van der Waals surface area (Å²) in [6.07, 6.45) is 1.14. The Balaban J connectivity index is 2.27. The molecular formula is C11H8N2O4. The zero-order valence-corrected chi connectivity index (χ0v) is 8.65. The van der Waals surface area contributed by atoms with E-state index in [9.17, 15) is 15.3 Å². The smallest absolute Gasteiger partial charge is 0.433 e. The molecule has 1 aromatic heterocycles. The minimum Gasteiger partial charge on any atom is -0.618 e. The fourth-order valence-electron chi connectivity index (χ4n) is 1.27. The summed E-state index contributed by atoms with van der Waals surface area (Å²) in [6, 6.07) is 11.0. The van der Waals surface area contributed by atoms with Gasteiger partial charge >= 0.3 is 5.88 Å². The summed E-state index contributed by atoms with van der Waals surface area (Å²) in [5.41, 5.74) is 0.423. The third-order valence-corrected chi connectivity index (χ3v) is 2.05. The van der Waals surface area contributed by atoms with Gasteiger partial charge in [0, 0.05) is 12.1 Å². The van der Waals surface area contributed by atoms with Gasteiger partial charge in [-0.1, -0.05) is 18.2 Å². The number of hydrogen-bond acceptors (Lipinski definition) is 4. The highest BCUT2D eigenvalue weighted by Crippen LogP contribution is 2.15. The maximum absolute atomic E-state index is 11.6. The van der Waals surface area contributed by atoms with Gasteiger partial charge in [-0.2, -0.15) is 4.74 Å². The van der Waals surface area contributed by atoms with Crippen molar-refractivity contribution in [2.45, 2.75) is 0 Å². The van der Waals surface area contributed by atoms with Crippen LogP contribution in [0.1, 0.15) is 5.76 Å². The van der Waals surface area contributed by atoms with Crippen molar-refractivity contribution in [1.82, 2.24) is 0 Å². The minimum atomic E-state index is -0.658. The van der Waals surface area contributed by atoms with Gasteiger partial charge in [-0.05, 0) is 6.07 Å². The number of furan rings is 1. The highest BCUT2D eigenvalue weighted by Gasteiger charge is 2.12. The molecule has 2 aromatic rings. The maximum Gasteiger partial charge on any atom is 0.433 e. The Kier molecular flexibility index (Phi) is 2.87. The average molecular weight is 232 g/mol. The molecule has 6 heteroatoms. The molecule has 0 aliphatic carbocycles. The molecule has 0 bridgehead atoms. The molecule has 0 amide bonds. The highest BCUT2D eigenvalue weighted by atomic mass is 16.6. The molecule has 0 saturated heterocycles. The lowest BCUT2D eigenvalue weighted by Crippen LogP contribution is -1.97. The lowest BCUT2D eigenvalue weighted by molar-refractivity contribution is -0.402. The number of hydrogen-bond donors (Lipinski definition) is 0. The van der Waals surface area contributed by atoms with Gasteiger partial charge in [-0.15, -0.1) is 0 Å². The van der Waals surface area contributed by atoms with E-state index in [2.05, 4.69) is 0 Å². The number of nitrogens with zero attached hydrogens (tertiary/aromatic N) is 2. The molecule has 17 heavy (non-hydrogen) atoms. The minimum absolute atomic E-state index is 0.135. The average Bonchev–Trinajstić information content (AvgIpc) is 2.79. The summed E-state index contributed by atoms with van der Waals surface area (Å²) in [7, 11) is 0. The van der Waals surface area contributed by atoms with E-state index in [0.717, 1.165) is 6.21 Å². The first-order valence-electron chi connectivity index (χ1n) is 4.77. The largest absolute Gasteiger partial charge is 0.618 e. The van der Waals surface area contributed by atoms with E-state index in [4.69, 9.17) is 4.42 Å². The van der Waals surface area contributed by atoms with Crippen molar-refractivity contribution in [2.75, 3.05) is 0 Å². The van der Waals surface area contributed by atoms with Crippen molar-refractivity contribution in [2.24, 2.45) is 0 Å². The van der Waals surface area contributed by atoms with Crippen LogP contribution in [0, 0.1) is 15.3 Å². The molecule has 0 aliphatic heterocycles. The van der Waals surface area contributed by atoms with Crippen molar-refractivity contribution in [1.29, 1.82) is 0 Å². The van der Waals surface area contributed by atoms with Crippen LogP contribution in [0.3, 0.4) is 0 Å². The lowest BCUT2D eigenvalue weighted by Gasteiger charge is -2.00. The molecule has 0 unspecified atom stereocenters. The van der Waals surface area contributed by atoms with Crippen LogP contribution in [0.5, 0.6) is 0 Å². The van der Waals surface area contributed by atoms with Crippen molar-refractivity contribution in [3.63, 3.8) is 0 Å². The molecule has 0 fully saturated rings. The molecule has 86 valence electrons. The molecule has 0 atom stereocenters. The summed E-state index contributed by atoms with van der Waals surface area (Å²) in [6.45, 7) is 0. The molecule has 1 heterocycles. The molecular weight excluding hydrogens is 224 g/mol. The van der Waals surface area contributed by atoms with Crippen LogP contribution in [-0.4, -0.2) is 15.9 Å². The van der Waals surface area contributed by atoms with E-state index in [1.54, 1.807) is 30.3 Å². The number of nitro groups is 1. The second-order valence-electron chi connectivity index (χ2n) is 3.22. The Labute approximate surface area is 96.2 Å². The number of para-hydroxylation sites is 1. The van der Waals surface area contributed by atoms with E-state index in [-0.39, 0.29) is 5.76 Å². The van der Waals surface area contributed by atoms with Crippen LogP contribution in [0.4, 0.5) is 11.6 Å². The Hall–Kier alpha value is -2.63. The predicted octanol–water partition coefficient (Wildman–Crippen LogP) is 2.45. The first kappa shape index (κ1) is 10.9. The van der Waals surface area contributed by atoms with Gasteiger partial charge in [0.2, 0.25) is 11.9 Å². The standard InChI is InChI=1S/C11H8N2O4/c14-12(9-4-2-1-3-5-9)8-10-6-7-11(17-10)13(15)16/h1-8H/b12-8-. The van der Waals surface area contributed by atoms with Crippen molar-refractivity contribution < 1.29 is 14.1 Å². The molecule has 0 radical (unpaired) electrons. The third-order valence-electron chi connectivity index (χ3n) is 2.05. The van der Waals surface area contributed by atoms with Crippen molar-refractivity contribution in [3.8, 4) is 0 Å². The molecule has 0 aliphatic rings. The van der Waals surface area contributed by atoms with E-state index >= 15 is 0 Å². The van der Waals surface area contributed by atoms with Gasteiger partial charge in [0.1, 0.15) is 4.92 Å².